The van der Waals surface area contributed by atoms with E-state index in [1.165, 1.54) is 19.3 Å². The van der Waals surface area contributed by atoms with Crippen LogP contribution in [-0.2, 0) is 22.6 Å². The summed E-state index contributed by atoms with van der Waals surface area (Å²) in [6, 6.07) is 25.2. The lowest BCUT2D eigenvalue weighted by molar-refractivity contribution is -0.276. The van der Waals surface area contributed by atoms with Gasteiger partial charge in [0.05, 0.1) is 18.8 Å². The SMILES string of the molecule is CCNC(=O)NCc1ccccc1-c1ccc(C2OC(CN3CC4(C)CC3CC(C)(C)C4)C(C)C(c3ccc(CO)cc3)O2)cc1. The molecule has 6 rings (SSSR count). The van der Waals surface area contributed by atoms with Crippen molar-refractivity contribution in [1.82, 2.24) is 15.5 Å². The van der Waals surface area contributed by atoms with Gasteiger partial charge in [0.2, 0.25) is 0 Å². The molecular weight excluding hydrogens is 574 g/mol. The molecule has 2 bridgehead atoms. The topological polar surface area (TPSA) is 83.1 Å². The molecule has 3 fully saturated rings. The van der Waals surface area contributed by atoms with Gasteiger partial charge in [-0.2, -0.15) is 0 Å². The number of carbonyl (C=O) groups excluding carboxylic acids is 1. The summed E-state index contributed by atoms with van der Waals surface area (Å²) in [7, 11) is 0. The number of ether oxygens (including phenoxy) is 2. The molecule has 2 amide bonds. The van der Waals surface area contributed by atoms with Crippen LogP contribution in [0.5, 0.6) is 0 Å². The third-order valence-electron chi connectivity index (χ3n) is 10.3. The molecule has 3 aromatic carbocycles. The Kier molecular flexibility index (Phi) is 9.58. The quantitative estimate of drug-likeness (QED) is 0.232. The zero-order valence-corrected chi connectivity index (χ0v) is 28.1. The van der Waals surface area contributed by atoms with E-state index in [9.17, 15) is 9.90 Å². The van der Waals surface area contributed by atoms with Crippen LogP contribution in [0.3, 0.4) is 0 Å². The lowest BCUT2D eigenvalue weighted by Gasteiger charge is -2.43. The summed E-state index contributed by atoms with van der Waals surface area (Å²) >= 11 is 0. The van der Waals surface area contributed by atoms with Crippen molar-refractivity contribution >= 4 is 6.03 Å². The molecule has 1 saturated carbocycles. The predicted molar refractivity (Wildman–Crippen MR) is 182 cm³/mol. The van der Waals surface area contributed by atoms with Gasteiger partial charge in [-0.1, -0.05) is 100 Å². The minimum absolute atomic E-state index is 0.00748. The fraction of sp³-hybridized carbons (Fsp3) is 0.513. The van der Waals surface area contributed by atoms with Crippen molar-refractivity contribution in [3.8, 4) is 11.1 Å². The summed E-state index contributed by atoms with van der Waals surface area (Å²) in [5.41, 5.74) is 6.95. The van der Waals surface area contributed by atoms with Gasteiger partial charge in [-0.15, -0.1) is 0 Å². The van der Waals surface area contributed by atoms with Crippen LogP contribution in [0.2, 0.25) is 0 Å². The number of likely N-dealkylation sites (tertiary alicyclic amines) is 1. The van der Waals surface area contributed by atoms with E-state index in [-0.39, 0.29) is 30.8 Å². The van der Waals surface area contributed by atoms with Gasteiger partial charge in [-0.05, 0) is 64.8 Å². The highest BCUT2D eigenvalue weighted by molar-refractivity contribution is 5.74. The molecule has 0 radical (unpaired) electrons. The van der Waals surface area contributed by atoms with Gasteiger partial charge in [0.15, 0.2) is 6.29 Å². The molecule has 2 aliphatic heterocycles. The number of carbonyl (C=O) groups is 1. The average Bonchev–Trinajstić information content (AvgIpc) is 3.28. The first-order chi connectivity index (χ1) is 22.1. The summed E-state index contributed by atoms with van der Waals surface area (Å²) in [5, 5.41) is 15.4. The third-order valence-corrected chi connectivity index (χ3v) is 10.3. The number of nitrogens with zero attached hydrogens (tertiary/aromatic N) is 1. The van der Waals surface area contributed by atoms with E-state index in [4.69, 9.17) is 9.47 Å². The zero-order chi connectivity index (χ0) is 32.5. The lowest BCUT2D eigenvalue weighted by atomic mass is 9.65. The van der Waals surface area contributed by atoms with Crippen LogP contribution in [0.25, 0.3) is 11.1 Å². The average molecular weight is 626 g/mol. The number of amides is 2. The number of urea groups is 1. The Hall–Kier alpha value is -3.23. The highest BCUT2D eigenvalue weighted by Gasteiger charge is 2.51. The van der Waals surface area contributed by atoms with Crippen molar-refractivity contribution < 1.29 is 19.4 Å². The first kappa shape index (κ1) is 32.7. The number of benzene rings is 3. The maximum atomic E-state index is 12.0. The smallest absolute Gasteiger partial charge is 0.315 e. The monoisotopic (exact) mass is 625 g/mol. The van der Waals surface area contributed by atoms with Gasteiger partial charge in [-0.25, -0.2) is 4.79 Å². The summed E-state index contributed by atoms with van der Waals surface area (Å²) < 4.78 is 13.7. The number of hydrogen-bond donors (Lipinski definition) is 3. The van der Waals surface area contributed by atoms with Crippen LogP contribution in [0.4, 0.5) is 4.79 Å². The second-order valence-corrected chi connectivity index (χ2v) is 15.0. The summed E-state index contributed by atoms with van der Waals surface area (Å²) in [4.78, 5) is 14.7. The highest BCUT2D eigenvalue weighted by Crippen LogP contribution is 2.53. The van der Waals surface area contributed by atoms with Gasteiger partial charge >= 0.3 is 6.03 Å². The van der Waals surface area contributed by atoms with Gasteiger partial charge in [-0.3, -0.25) is 4.90 Å². The Morgan fingerprint density at radius 1 is 0.935 bits per heavy atom. The van der Waals surface area contributed by atoms with Crippen molar-refractivity contribution in [3.05, 3.63) is 95.1 Å². The number of rotatable bonds is 9. The maximum absolute atomic E-state index is 12.0. The molecule has 6 atom stereocenters. The van der Waals surface area contributed by atoms with Crippen molar-refractivity contribution in [3.63, 3.8) is 0 Å². The van der Waals surface area contributed by atoms with Crippen LogP contribution in [0.1, 0.15) is 88.5 Å². The minimum Gasteiger partial charge on any atom is -0.392 e. The summed E-state index contributed by atoms with van der Waals surface area (Å²) in [6.07, 6.45) is 3.15. The molecule has 2 heterocycles. The molecule has 3 aromatic rings. The van der Waals surface area contributed by atoms with Crippen LogP contribution in [0, 0.1) is 16.7 Å². The van der Waals surface area contributed by atoms with Crippen LogP contribution < -0.4 is 10.6 Å². The van der Waals surface area contributed by atoms with Gasteiger partial charge in [0, 0.05) is 43.7 Å². The Bertz CT molecular complexity index is 1490. The fourth-order valence-corrected chi connectivity index (χ4v) is 8.52. The normalized spacial score (nSPS) is 29.0. The second-order valence-electron chi connectivity index (χ2n) is 15.0. The van der Waals surface area contributed by atoms with E-state index >= 15 is 0 Å². The number of aliphatic hydroxyl groups excluding tert-OH is 1. The number of hydrogen-bond acceptors (Lipinski definition) is 5. The Morgan fingerprint density at radius 2 is 1.65 bits per heavy atom. The molecule has 6 unspecified atom stereocenters. The van der Waals surface area contributed by atoms with Crippen LogP contribution in [0.15, 0.2) is 72.8 Å². The second kappa shape index (κ2) is 13.5. The van der Waals surface area contributed by atoms with E-state index in [0.717, 1.165) is 46.5 Å². The van der Waals surface area contributed by atoms with E-state index in [0.29, 0.717) is 30.0 Å². The van der Waals surface area contributed by atoms with Crippen molar-refractivity contribution in [2.45, 2.75) is 91.6 Å². The largest absolute Gasteiger partial charge is 0.392 e. The van der Waals surface area contributed by atoms with Crippen LogP contribution in [-0.4, -0.2) is 47.8 Å². The predicted octanol–water partition coefficient (Wildman–Crippen LogP) is 7.36. The van der Waals surface area contributed by atoms with Crippen molar-refractivity contribution in [2.75, 3.05) is 19.6 Å². The molecule has 3 aliphatic rings. The van der Waals surface area contributed by atoms with Crippen molar-refractivity contribution in [2.24, 2.45) is 16.7 Å². The molecule has 1 aliphatic carbocycles. The Labute approximate surface area is 274 Å². The Balaban J connectivity index is 1.24. The molecule has 2 saturated heterocycles. The standard InChI is InChI=1S/C39H51N3O4/c1-6-40-37(44)41-21-31-9-7-8-10-33(31)28-15-17-30(18-16-28)36-45-34(22-42-25-39(5)20-32(42)19-38(3,4)24-39)26(2)35(46-36)29-13-11-27(23-43)12-14-29/h7-18,26,32,34-36,43H,6,19-25H2,1-5H3,(H2,40,41,44). The van der Waals surface area contributed by atoms with Gasteiger partial charge in [0.25, 0.3) is 0 Å². The summed E-state index contributed by atoms with van der Waals surface area (Å²) in [5.74, 6) is 0.154. The molecule has 246 valence electrons. The fourth-order valence-electron chi connectivity index (χ4n) is 8.52. The maximum Gasteiger partial charge on any atom is 0.315 e. The first-order valence-corrected chi connectivity index (χ1v) is 17.0. The molecule has 46 heavy (non-hydrogen) atoms. The van der Waals surface area contributed by atoms with Crippen molar-refractivity contribution in [1.29, 1.82) is 0 Å². The summed E-state index contributed by atoms with van der Waals surface area (Å²) in [6.45, 7) is 14.6. The van der Waals surface area contributed by atoms with Crippen LogP contribution >= 0.6 is 0 Å². The Morgan fingerprint density at radius 3 is 2.37 bits per heavy atom. The molecule has 3 N–H and O–H groups in total. The van der Waals surface area contributed by atoms with Gasteiger partial charge in [0.1, 0.15) is 0 Å². The zero-order valence-electron chi connectivity index (χ0n) is 28.1. The van der Waals surface area contributed by atoms with E-state index < -0.39 is 6.29 Å². The van der Waals surface area contributed by atoms with Gasteiger partial charge < -0.3 is 25.2 Å². The van der Waals surface area contributed by atoms with E-state index in [1.54, 1.807) is 0 Å². The number of aliphatic hydroxyl groups is 1. The third kappa shape index (κ3) is 7.18. The lowest BCUT2D eigenvalue weighted by Crippen LogP contribution is -2.46. The molecule has 0 aromatic heterocycles. The molecule has 7 nitrogen and oxygen atoms in total. The highest BCUT2D eigenvalue weighted by atomic mass is 16.7. The van der Waals surface area contributed by atoms with E-state index in [1.807, 2.05) is 31.2 Å². The first-order valence-electron chi connectivity index (χ1n) is 17.0. The molecule has 7 heteroatoms. The van der Waals surface area contributed by atoms with E-state index in [2.05, 4.69) is 91.8 Å². The minimum atomic E-state index is -0.499. The number of fused-ring (bicyclic) bond motifs is 2. The number of nitrogens with one attached hydrogen (secondary N) is 2. The molecular formula is C39H51N3O4. The molecule has 0 spiro atoms.